The number of methoxy groups -OCH3 is 1. The van der Waals surface area contributed by atoms with Crippen molar-refractivity contribution < 1.29 is 39.2 Å². The first kappa shape index (κ1) is 17.6. The second-order valence-electron chi connectivity index (χ2n) is 4.24. The van der Waals surface area contributed by atoms with E-state index in [9.17, 15) is 30.3 Å². The van der Waals surface area contributed by atoms with Crippen molar-refractivity contribution in [1.29, 1.82) is 0 Å². The summed E-state index contributed by atoms with van der Waals surface area (Å²) in [6.07, 6.45) is -5.44. The fraction of sp³-hybridized carbons (Fsp3) is 1.00. The van der Waals surface area contributed by atoms with E-state index < -0.39 is 52.4 Å². The molecule has 0 amide bonds. The Kier molecular flexibility index (Phi) is 6.00. The quantitative estimate of drug-likeness (QED) is 0.409. The van der Waals surface area contributed by atoms with E-state index in [4.69, 9.17) is 9.47 Å². The number of nitrogens with zero attached hydrogens (tertiary/aromatic N) is 3. The highest BCUT2D eigenvalue weighted by Gasteiger charge is 2.48. The predicted octanol–water partition coefficient (Wildman–Crippen LogP) is -0.644. The first-order chi connectivity index (χ1) is 10.3. The molecule has 0 aromatic rings. The molecule has 22 heavy (non-hydrogen) atoms. The molecule has 126 valence electrons. The number of ether oxygens (including phenoxy) is 2. The highest BCUT2D eigenvalue weighted by molar-refractivity contribution is 4.88. The summed E-state index contributed by atoms with van der Waals surface area (Å²) in [4.78, 5) is 44.1. The summed E-state index contributed by atoms with van der Waals surface area (Å²) in [6, 6.07) is 0. The third kappa shape index (κ3) is 4.52. The highest BCUT2D eigenvalue weighted by atomic mass is 17.0. The Labute approximate surface area is 122 Å². The van der Waals surface area contributed by atoms with Crippen LogP contribution < -0.4 is 0 Å². The SMILES string of the molecule is COC1OC(CO[N+](=O)[O-])C(C)C(O[N+](=O)[O-])C1O[N+](=O)[O-]. The van der Waals surface area contributed by atoms with E-state index in [0.717, 1.165) is 7.11 Å². The molecule has 1 rings (SSSR count). The van der Waals surface area contributed by atoms with E-state index in [1.165, 1.54) is 6.92 Å². The van der Waals surface area contributed by atoms with E-state index in [-0.39, 0.29) is 0 Å². The van der Waals surface area contributed by atoms with Gasteiger partial charge in [-0.25, -0.2) is 0 Å². The molecule has 5 atom stereocenters. The van der Waals surface area contributed by atoms with E-state index in [2.05, 4.69) is 14.5 Å². The lowest BCUT2D eigenvalue weighted by Gasteiger charge is -2.42. The van der Waals surface area contributed by atoms with Gasteiger partial charge in [0.05, 0.1) is 6.10 Å². The molecule has 0 aromatic heterocycles. The summed E-state index contributed by atoms with van der Waals surface area (Å²) in [5.74, 6) is -0.887. The van der Waals surface area contributed by atoms with Crippen LogP contribution in [0.1, 0.15) is 6.92 Å². The molecular weight excluding hydrogens is 314 g/mol. The van der Waals surface area contributed by atoms with E-state index in [1.807, 2.05) is 0 Å². The van der Waals surface area contributed by atoms with Gasteiger partial charge in [0, 0.05) is 13.0 Å². The molecule has 0 aromatic carbocycles. The average molecular weight is 327 g/mol. The molecule has 1 saturated heterocycles. The van der Waals surface area contributed by atoms with Gasteiger partial charge in [-0.05, 0) is 0 Å². The average Bonchev–Trinajstić information content (AvgIpc) is 2.41. The molecule has 1 aliphatic heterocycles. The summed E-state index contributed by atoms with van der Waals surface area (Å²) < 4.78 is 10.1. The summed E-state index contributed by atoms with van der Waals surface area (Å²) >= 11 is 0. The molecule has 0 N–H and O–H groups in total. The predicted molar refractivity (Wildman–Crippen MR) is 61.5 cm³/mol. The van der Waals surface area contributed by atoms with Crippen LogP contribution in [0.4, 0.5) is 0 Å². The van der Waals surface area contributed by atoms with Crippen molar-refractivity contribution in [2.45, 2.75) is 31.5 Å². The van der Waals surface area contributed by atoms with Gasteiger partial charge in [-0.2, -0.15) is 0 Å². The van der Waals surface area contributed by atoms with Crippen LogP contribution in [-0.2, 0) is 24.0 Å². The van der Waals surface area contributed by atoms with Gasteiger partial charge in [0.2, 0.25) is 0 Å². The van der Waals surface area contributed by atoms with Gasteiger partial charge >= 0.3 is 0 Å². The lowest BCUT2D eigenvalue weighted by Crippen LogP contribution is -2.58. The van der Waals surface area contributed by atoms with Gasteiger partial charge in [-0.15, -0.1) is 30.3 Å². The number of rotatable bonds is 8. The molecule has 0 bridgehead atoms. The largest absolute Gasteiger partial charge is 0.353 e. The molecule has 1 fully saturated rings. The molecule has 0 radical (unpaired) electrons. The Balaban J connectivity index is 2.95. The maximum atomic E-state index is 10.5. The fourth-order valence-electron chi connectivity index (χ4n) is 2.02. The van der Waals surface area contributed by atoms with Crippen LogP contribution in [0.5, 0.6) is 0 Å². The Morgan fingerprint density at radius 2 is 1.55 bits per heavy atom. The Morgan fingerprint density at radius 1 is 1.00 bits per heavy atom. The molecule has 1 heterocycles. The summed E-state index contributed by atoms with van der Waals surface area (Å²) in [5, 5.41) is 27.9. The Morgan fingerprint density at radius 3 is 2.00 bits per heavy atom. The summed E-state index contributed by atoms with van der Waals surface area (Å²) in [7, 11) is 1.12. The first-order valence-corrected chi connectivity index (χ1v) is 5.84. The van der Waals surface area contributed by atoms with Crippen LogP contribution in [0.3, 0.4) is 0 Å². The lowest BCUT2D eigenvalue weighted by atomic mass is 9.91. The normalized spacial score (nSPS) is 31.1. The number of hydrogen-bond acceptors (Lipinski definition) is 11. The van der Waals surface area contributed by atoms with Crippen molar-refractivity contribution in [2.75, 3.05) is 13.7 Å². The van der Waals surface area contributed by atoms with Crippen LogP contribution in [0.2, 0.25) is 0 Å². The molecular formula is C8H13N3O11. The van der Waals surface area contributed by atoms with Crippen molar-refractivity contribution in [3.63, 3.8) is 0 Å². The Bertz CT molecular complexity index is 432. The molecule has 14 nitrogen and oxygen atoms in total. The topological polar surface area (TPSA) is 176 Å². The zero-order valence-corrected chi connectivity index (χ0v) is 11.4. The molecule has 1 aliphatic rings. The van der Waals surface area contributed by atoms with Crippen molar-refractivity contribution in [1.82, 2.24) is 0 Å². The van der Waals surface area contributed by atoms with Gasteiger partial charge in [0.25, 0.3) is 15.3 Å². The lowest BCUT2D eigenvalue weighted by molar-refractivity contribution is -0.807. The van der Waals surface area contributed by atoms with Crippen LogP contribution in [0, 0.1) is 36.3 Å². The zero-order chi connectivity index (χ0) is 16.9. The van der Waals surface area contributed by atoms with E-state index >= 15 is 0 Å². The maximum Gasteiger partial charge on any atom is 0.295 e. The minimum Gasteiger partial charge on any atom is -0.353 e. The van der Waals surface area contributed by atoms with Crippen LogP contribution in [-0.4, -0.2) is 53.6 Å². The van der Waals surface area contributed by atoms with Gasteiger partial charge in [0.1, 0.15) is 12.7 Å². The molecule has 0 saturated carbocycles. The van der Waals surface area contributed by atoms with Gasteiger partial charge in [-0.3, -0.25) is 0 Å². The summed E-state index contributed by atoms with van der Waals surface area (Å²) in [5.41, 5.74) is 0. The highest BCUT2D eigenvalue weighted by Crippen LogP contribution is 2.31. The number of hydrogen-bond donors (Lipinski definition) is 0. The van der Waals surface area contributed by atoms with E-state index in [0.29, 0.717) is 0 Å². The zero-order valence-electron chi connectivity index (χ0n) is 11.4. The van der Waals surface area contributed by atoms with Crippen molar-refractivity contribution in [3.8, 4) is 0 Å². The molecule has 14 heteroatoms. The molecule has 0 aliphatic carbocycles. The minimum absolute atomic E-state index is 0.559. The van der Waals surface area contributed by atoms with Gasteiger partial charge in [0.15, 0.2) is 12.4 Å². The second kappa shape index (κ2) is 7.51. The first-order valence-electron chi connectivity index (χ1n) is 5.84. The second-order valence-corrected chi connectivity index (χ2v) is 4.24. The smallest absolute Gasteiger partial charge is 0.295 e. The molecule has 5 unspecified atom stereocenters. The fourth-order valence-corrected chi connectivity index (χ4v) is 2.02. The van der Waals surface area contributed by atoms with Gasteiger partial charge in [-0.1, -0.05) is 6.92 Å². The van der Waals surface area contributed by atoms with Crippen LogP contribution in [0.15, 0.2) is 0 Å². The minimum atomic E-state index is -1.55. The van der Waals surface area contributed by atoms with Crippen molar-refractivity contribution in [3.05, 3.63) is 30.3 Å². The Hall–Kier alpha value is -2.48. The maximum absolute atomic E-state index is 10.5. The third-order valence-electron chi connectivity index (χ3n) is 3.00. The van der Waals surface area contributed by atoms with Crippen LogP contribution in [0.25, 0.3) is 0 Å². The van der Waals surface area contributed by atoms with E-state index in [1.54, 1.807) is 0 Å². The van der Waals surface area contributed by atoms with Crippen molar-refractivity contribution in [2.24, 2.45) is 5.92 Å². The monoisotopic (exact) mass is 327 g/mol. The standard InChI is InChI=1S/C8H13N3O11/c1-4-5(3-19-9(12)13)20-8(18-2)7(22-11(16)17)6(4)21-10(14)15/h4-8H,3H2,1-2H3. The summed E-state index contributed by atoms with van der Waals surface area (Å²) in [6.45, 7) is 0.821. The van der Waals surface area contributed by atoms with Crippen LogP contribution >= 0.6 is 0 Å². The van der Waals surface area contributed by atoms with Gasteiger partial charge < -0.3 is 24.0 Å². The third-order valence-corrected chi connectivity index (χ3v) is 3.00. The van der Waals surface area contributed by atoms with Crippen molar-refractivity contribution >= 4 is 0 Å². The molecule has 0 spiro atoms.